The second-order valence-electron chi connectivity index (χ2n) is 4.94. The number of aryl methyl sites for hydroxylation is 3. The van der Waals surface area contributed by atoms with Crippen molar-refractivity contribution < 1.29 is 4.79 Å². The van der Waals surface area contributed by atoms with E-state index in [1.165, 1.54) is 0 Å². The van der Waals surface area contributed by atoms with E-state index in [1.54, 1.807) is 10.7 Å². The molecule has 0 bridgehead atoms. The molecule has 0 radical (unpaired) electrons. The minimum absolute atomic E-state index is 0.119. The Balaban J connectivity index is 2.08. The Morgan fingerprint density at radius 2 is 2.15 bits per heavy atom. The molecule has 1 aromatic heterocycles. The third-order valence-corrected chi connectivity index (χ3v) is 3.13. The largest absolute Gasteiger partial charge is 0.399 e. The van der Waals surface area contributed by atoms with Gasteiger partial charge in [-0.1, -0.05) is 6.92 Å². The molecule has 0 atom stereocenters. The minimum Gasteiger partial charge on any atom is -0.399 e. The van der Waals surface area contributed by atoms with E-state index in [2.05, 4.69) is 17.3 Å². The highest BCUT2D eigenvalue weighted by molar-refractivity contribution is 5.95. The molecule has 0 saturated carbocycles. The van der Waals surface area contributed by atoms with Crippen LogP contribution < -0.4 is 11.1 Å². The van der Waals surface area contributed by atoms with Gasteiger partial charge in [0.2, 0.25) is 0 Å². The summed E-state index contributed by atoms with van der Waals surface area (Å²) in [6.07, 6.45) is 2.78. The summed E-state index contributed by atoms with van der Waals surface area (Å²) in [6, 6.07) is 5.36. The number of amides is 1. The van der Waals surface area contributed by atoms with Crippen molar-refractivity contribution in [3.05, 3.63) is 46.8 Å². The van der Waals surface area contributed by atoms with E-state index in [1.807, 2.05) is 32.3 Å². The second kappa shape index (κ2) is 5.77. The summed E-state index contributed by atoms with van der Waals surface area (Å²) in [5.74, 6) is -0.119. The minimum atomic E-state index is -0.119. The highest BCUT2D eigenvalue weighted by Crippen LogP contribution is 2.12. The van der Waals surface area contributed by atoms with Gasteiger partial charge in [-0.3, -0.25) is 9.48 Å². The van der Waals surface area contributed by atoms with Gasteiger partial charge in [0.25, 0.3) is 5.91 Å². The number of nitrogens with zero attached hydrogens (tertiary/aromatic N) is 2. The number of nitrogens with one attached hydrogen (secondary N) is 1. The zero-order valence-electron chi connectivity index (χ0n) is 12.1. The lowest BCUT2D eigenvalue weighted by atomic mass is 10.1. The van der Waals surface area contributed by atoms with Crippen LogP contribution in [0.3, 0.4) is 0 Å². The van der Waals surface area contributed by atoms with Gasteiger partial charge in [-0.25, -0.2) is 0 Å². The van der Waals surface area contributed by atoms with E-state index in [9.17, 15) is 4.79 Å². The van der Waals surface area contributed by atoms with Gasteiger partial charge >= 0.3 is 0 Å². The first-order chi connectivity index (χ1) is 9.49. The predicted molar refractivity (Wildman–Crippen MR) is 79.3 cm³/mol. The van der Waals surface area contributed by atoms with E-state index in [0.717, 1.165) is 23.2 Å². The molecule has 0 unspecified atom stereocenters. The van der Waals surface area contributed by atoms with Gasteiger partial charge in [-0.2, -0.15) is 5.10 Å². The molecule has 0 aliphatic carbocycles. The lowest BCUT2D eigenvalue weighted by Crippen LogP contribution is -2.23. The Hall–Kier alpha value is -2.30. The van der Waals surface area contributed by atoms with Crippen LogP contribution in [0.4, 0.5) is 5.69 Å². The molecule has 0 saturated heterocycles. The number of aromatic nitrogens is 2. The Morgan fingerprint density at radius 1 is 1.40 bits per heavy atom. The summed E-state index contributed by atoms with van der Waals surface area (Å²) in [5, 5.41) is 7.26. The Bertz CT molecular complexity index is 611. The summed E-state index contributed by atoms with van der Waals surface area (Å²) in [5.41, 5.74) is 9.98. The molecule has 0 fully saturated rings. The third kappa shape index (κ3) is 3.17. The van der Waals surface area contributed by atoms with Crippen LogP contribution in [0.25, 0.3) is 0 Å². The first kappa shape index (κ1) is 14.1. The van der Waals surface area contributed by atoms with Crippen LogP contribution in [0.1, 0.15) is 34.1 Å². The molecule has 2 aromatic rings. The molecule has 1 aromatic carbocycles. The molecule has 5 nitrogen and oxygen atoms in total. The van der Waals surface area contributed by atoms with Crippen LogP contribution in [0.15, 0.2) is 24.4 Å². The molecule has 20 heavy (non-hydrogen) atoms. The lowest BCUT2D eigenvalue weighted by molar-refractivity contribution is 0.0951. The van der Waals surface area contributed by atoms with E-state index in [-0.39, 0.29) is 5.91 Å². The average Bonchev–Trinajstić information content (AvgIpc) is 2.75. The molecule has 0 spiro atoms. The quantitative estimate of drug-likeness (QED) is 0.834. The number of anilines is 1. The number of hydrogen-bond acceptors (Lipinski definition) is 3. The number of benzene rings is 1. The Labute approximate surface area is 118 Å². The maximum atomic E-state index is 12.1. The summed E-state index contributed by atoms with van der Waals surface area (Å²) in [7, 11) is 1.88. The SMILES string of the molecule is CCc1nn(C)cc1CNC(=O)c1cc(C)cc(N)c1. The zero-order chi connectivity index (χ0) is 14.7. The van der Waals surface area contributed by atoms with E-state index >= 15 is 0 Å². The number of rotatable bonds is 4. The average molecular weight is 272 g/mol. The summed E-state index contributed by atoms with van der Waals surface area (Å²) < 4.78 is 1.77. The third-order valence-electron chi connectivity index (χ3n) is 3.13. The maximum absolute atomic E-state index is 12.1. The van der Waals surface area contributed by atoms with Gasteiger partial charge in [-0.05, 0) is 37.1 Å². The number of nitrogens with two attached hydrogens (primary N) is 1. The highest BCUT2D eigenvalue weighted by atomic mass is 16.1. The van der Waals surface area contributed by atoms with Crippen LogP contribution in [-0.4, -0.2) is 15.7 Å². The first-order valence-electron chi connectivity index (χ1n) is 6.66. The van der Waals surface area contributed by atoms with Crippen LogP contribution >= 0.6 is 0 Å². The predicted octanol–water partition coefficient (Wildman–Crippen LogP) is 1.80. The molecule has 0 aliphatic heterocycles. The second-order valence-corrected chi connectivity index (χ2v) is 4.94. The maximum Gasteiger partial charge on any atom is 0.251 e. The van der Waals surface area contributed by atoms with Gasteiger partial charge in [0, 0.05) is 36.6 Å². The summed E-state index contributed by atoms with van der Waals surface area (Å²) in [4.78, 5) is 12.1. The summed E-state index contributed by atoms with van der Waals surface area (Å²) in [6.45, 7) is 4.45. The van der Waals surface area contributed by atoms with Crippen LogP contribution in [0, 0.1) is 6.92 Å². The molecule has 1 amide bonds. The van der Waals surface area contributed by atoms with Gasteiger partial charge in [0.05, 0.1) is 5.69 Å². The molecule has 0 aliphatic rings. The Kier molecular flexibility index (Phi) is 4.08. The topological polar surface area (TPSA) is 72.9 Å². The van der Waals surface area contributed by atoms with Gasteiger partial charge in [0.1, 0.15) is 0 Å². The number of carbonyl (C=O) groups is 1. The van der Waals surface area contributed by atoms with Crippen LogP contribution in [0.2, 0.25) is 0 Å². The number of hydrogen-bond donors (Lipinski definition) is 2. The van der Waals surface area contributed by atoms with Gasteiger partial charge < -0.3 is 11.1 Å². The van der Waals surface area contributed by atoms with Crippen molar-refractivity contribution in [1.82, 2.24) is 15.1 Å². The van der Waals surface area contributed by atoms with Gasteiger partial charge in [-0.15, -0.1) is 0 Å². The molecule has 106 valence electrons. The van der Waals surface area contributed by atoms with Crippen molar-refractivity contribution in [2.45, 2.75) is 26.8 Å². The molecule has 3 N–H and O–H groups in total. The Morgan fingerprint density at radius 3 is 2.80 bits per heavy atom. The number of nitrogen functional groups attached to an aromatic ring is 1. The van der Waals surface area contributed by atoms with Crippen LogP contribution in [-0.2, 0) is 20.0 Å². The van der Waals surface area contributed by atoms with Crippen molar-refractivity contribution in [3.63, 3.8) is 0 Å². The van der Waals surface area contributed by atoms with Crippen molar-refractivity contribution in [2.75, 3.05) is 5.73 Å². The van der Waals surface area contributed by atoms with Crippen molar-refractivity contribution in [1.29, 1.82) is 0 Å². The zero-order valence-corrected chi connectivity index (χ0v) is 12.1. The first-order valence-corrected chi connectivity index (χ1v) is 6.66. The van der Waals surface area contributed by atoms with E-state index in [4.69, 9.17) is 5.73 Å². The normalized spacial score (nSPS) is 10.6. The highest BCUT2D eigenvalue weighted by Gasteiger charge is 2.10. The smallest absolute Gasteiger partial charge is 0.251 e. The van der Waals surface area contributed by atoms with Crippen molar-refractivity contribution >= 4 is 11.6 Å². The van der Waals surface area contributed by atoms with E-state index < -0.39 is 0 Å². The fourth-order valence-electron chi connectivity index (χ4n) is 2.25. The standard InChI is InChI=1S/C15H20N4O/c1-4-14-12(9-19(3)18-14)8-17-15(20)11-5-10(2)6-13(16)7-11/h5-7,9H,4,8,16H2,1-3H3,(H,17,20). The molecule has 5 heteroatoms. The molecular formula is C15H20N4O. The molecule has 2 rings (SSSR count). The van der Waals surface area contributed by atoms with Gasteiger partial charge in [0.15, 0.2) is 0 Å². The van der Waals surface area contributed by atoms with Crippen LogP contribution in [0.5, 0.6) is 0 Å². The summed E-state index contributed by atoms with van der Waals surface area (Å²) >= 11 is 0. The molecule has 1 heterocycles. The van der Waals surface area contributed by atoms with Crippen molar-refractivity contribution in [3.8, 4) is 0 Å². The fourth-order valence-corrected chi connectivity index (χ4v) is 2.25. The number of carbonyl (C=O) groups excluding carboxylic acids is 1. The monoisotopic (exact) mass is 272 g/mol. The van der Waals surface area contributed by atoms with Crippen molar-refractivity contribution in [2.24, 2.45) is 7.05 Å². The van der Waals surface area contributed by atoms with E-state index in [0.29, 0.717) is 17.8 Å². The fraction of sp³-hybridized carbons (Fsp3) is 0.333. The molecular weight excluding hydrogens is 252 g/mol. The lowest BCUT2D eigenvalue weighted by Gasteiger charge is -2.07.